The third-order valence-electron chi connectivity index (χ3n) is 7.67. The molecule has 2 saturated heterocycles. The van der Waals surface area contributed by atoms with Gasteiger partial charge in [-0.25, -0.2) is 17.5 Å². The van der Waals surface area contributed by atoms with Gasteiger partial charge in [-0.1, -0.05) is 22.0 Å². The first-order valence-electron chi connectivity index (χ1n) is 14.1. The van der Waals surface area contributed by atoms with Crippen molar-refractivity contribution in [3.8, 4) is 0 Å². The Labute approximate surface area is 259 Å². The second-order valence-corrected chi connectivity index (χ2v) is 14.9. The molecule has 0 aliphatic carbocycles. The Bertz CT molecular complexity index is 1340. The van der Waals surface area contributed by atoms with Gasteiger partial charge in [-0.2, -0.15) is 0 Å². The van der Waals surface area contributed by atoms with Crippen LogP contribution in [0.1, 0.15) is 47.4 Å². The number of nitrogens with one attached hydrogen (secondary N) is 3. The lowest BCUT2D eigenvalue weighted by Crippen LogP contribution is -2.53. The maximum atomic E-state index is 14.4. The minimum atomic E-state index is -3.70. The summed E-state index contributed by atoms with van der Waals surface area (Å²) in [5.41, 5.74) is 6.06. The van der Waals surface area contributed by atoms with Crippen molar-refractivity contribution in [3.63, 3.8) is 0 Å². The van der Waals surface area contributed by atoms with Crippen LogP contribution in [-0.2, 0) is 44.0 Å². The average Bonchev–Trinajstić information content (AvgIpc) is 3.60. The van der Waals surface area contributed by atoms with Crippen LogP contribution in [0.15, 0.2) is 34.8 Å². The van der Waals surface area contributed by atoms with Gasteiger partial charge in [0.15, 0.2) is 0 Å². The molecule has 2 amide bonds. The summed E-state index contributed by atoms with van der Waals surface area (Å²) in [6.45, 7) is 2.53. The molecule has 0 saturated carbocycles. The predicted octanol–water partition coefficient (Wildman–Crippen LogP) is 2.61. The van der Waals surface area contributed by atoms with Crippen molar-refractivity contribution < 1.29 is 27.1 Å². The van der Waals surface area contributed by atoms with E-state index in [0.717, 1.165) is 41.9 Å². The van der Waals surface area contributed by atoms with Gasteiger partial charge in [-0.15, -0.1) is 11.3 Å². The lowest BCUT2D eigenvalue weighted by Gasteiger charge is -2.29. The molecule has 2 aromatic rings. The van der Waals surface area contributed by atoms with Crippen molar-refractivity contribution >= 4 is 49.1 Å². The van der Waals surface area contributed by atoms with Gasteiger partial charge < -0.3 is 26.0 Å². The van der Waals surface area contributed by atoms with E-state index in [4.69, 9.17) is 10.5 Å². The molecular formula is C28H39BrFN5O5S2. The van der Waals surface area contributed by atoms with E-state index in [2.05, 4.69) is 31.3 Å². The highest BCUT2D eigenvalue weighted by Gasteiger charge is 2.42. The van der Waals surface area contributed by atoms with Crippen LogP contribution in [0.2, 0.25) is 0 Å². The summed E-state index contributed by atoms with van der Waals surface area (Å²) < 4.78 is 48.0. The monoisotopic (exact) mass is 687 g/mol. The highest BCUT2D eigenvalue weighted by Crippen LogP contribution is 2.27. The summed E-state index contributed by atoms with van der Waals surface area (Å²) in [7, 11) is -3.70. The smallest absolute Gasteiger partial charge is 0.243 e. The highest BCUT2D eigenvalue weighted by molar-refractivity contribution is 9.10. The van der Waals surface area contributed by atoms with Crippen molar-refractivity contribution in [1.82, 2.24) is 20.3 Å². The number of carbonyl (C=O) groups excluding carboxylic acids is 2. The number of rotatable bonds is 13. The molecular weight excluding hydrogens is 649 g/mol. The summed E-state index contributed by atoms with van der Waals surface area (Å²) in [6, 6.07) is 6.62. The van der Waals surface area contributed by atoms with Crippen molar-refractivity contribution in [2.24, 2.45) is 11.7 Å². The summed E-state index contributed by atoms with van der Waals surface area (Å²) in [4.78, 5) is 30.7. The molecule has 42 heavy (non-hydrogen) atoms. The Balaban J connectivity index is 1.49. The number of sulfonamides is 1. The number of benzene rings is 1. The normalized spacial score (nSPS) is 20.5. The Morgan fingerprint density at radius 2 is 1.98 bits per heavy atom. The maximum Gasteiger partial charge on any atom is 0.243 e. The first-order valence-corrected chi connectivity index (χ1v) is 17.6. The Hall–Kier alpha value is -1.94. The maximum absolute atomic E-state index is 14.4. The van der Waals surface area contributed by atoms with Gasteiger partial charge in [0.2, 0.25) is 21.8 Å². The zero-order valence-electron chi connectivity index (χ0n) is 23.6. The van der Waals surface area contributed by atoms with Crippen LogP contribution in [0.3, 0.4) is 0 Å². The third kappa shape index (κ3) is 9.53. The fourth-order valence-electron chi connectivity index (χ4n) is 5.44. The molecule has 3 atom stereocenters. The molecule has 0 spiro atoms. The van der Waals surface area contributed by atoms with Crippen molar-refractivity contribution in [2.45, 2.75) is 70.0 Å². The molecule has 0 radical (unpaired) electrons. The van der Waals surface area contributed by atoms with Crippen LogP contribution in [0, 0.1) is 11.7 Å². The van der Waals surface area contributed by atoms with Gasteiger partial charge in [0.1, 0.15) is 17.9 Å². The molecule has 2 aliphatic rings. The molecule has 0 unspecified atom stereocenters. The zero-order valence-corrected chi connectivity index (χ0v) is 26.8. The minimum Gasteiger partial charge on any atom is -0.371 e. The van der Waals surface area contributed by atoms with Gasteiger partial charge in [0.05, 0.1) is 25.5 Å². The van der Waals surface area contributed by atoms with Crippen molar-refractivity contribution in [3.05, 3.63) is 55.9 Å². The lowest BCUT2D eigenvalue weighted by molar-refractivity contribution is -0.140. The largest absolute Gasteiger partial charge is 0.371 e. The number of carbonyl (C=O) groups is 2. The molecule has 1 aromatic heterocycles. The van der Waals surface area contributed by atoms with Crippen LogP contribution >= 0.6 is 27.3 Å². The second kappa shape index (κ2) is 15.2. The lowest BCUT2D eigenvalue weighted by atomic mass is 9.91. The van der Waals surface area contributed by atoms with E-state index in [1.165, 1.54) is 22.3 Å². The molecule has 4 rings (SSSR count). The van der Waals surface area contributed by atoms with Gasteiger partial charge in [0, 0.05) is 39.3 Å². The zero-order chi connectivity index (χ0) is 30.3. The molecule has 3 heterocycles. The molecule has 10 nitrogen and oxygen atoms in total. The van der Waals surface area contributed by atoms with Gasteiger partial charge in [0.25, 0.3) is 0 Å². The van der Waals surface area contributed by atoms with E-state index in [1.54, 1.807) is 12.1 Å². The van der Waals surface area contributed by atoms with E-state index < -0.39 is 39.9 Å². The highest BCUT2D eigenvalue weighted by atomic mass is 79.9. The summed E-state index contributed by atoms with van der Waals surface area (Å²) in [5.74, 6) is -0.852. The van der Waals surface area contributed by atoms with Crippen LogP contribution in [-0.4, -0.2) is 69.2 Å². The Kier molecular flexibility index (Phi) is 11.9. The van der Waals surface area contributed by atoms with E-state index in [-0.39, 0.29) is 32.0 Å². The number of piperidine rings is 1. The number of nitrogens with zero attached hydrogens (tertiary/aromatic N) is 1. The van der Waals surface area contributed by atoms with Gasteiger partial charge in [-0.05, 0) is 69.0 Å². The molecule has 0 bridgehead atoms. The van der Waals surface area contributed by atoms with E-state index in [0.29, 0.717) is 35.3 Å². The van der Waals surface area contributed by atoms with Crippen LogP contribution < -0.4 is 21.1 Å². The number of amides is 2. The van der Waals surface area contributed by atoms with E-state index in [1.807, 2.05) is 12.1 Å². The van der Waals surface area contributed by atoms with Crippen LogP contribution in [0.4, 0.5) is 4.39 Å². The first-order chi connectivity index (χ1) is 20.0. The summed E-state index contributed by atoms with van der Waals surface area (Å²) in [6.07, 6.45) is 3.64. The second-order valence-electron chi connectivity index (χ2n) is 10.9. The topological polar surface area (TPSA) is 143 Å². The Morgan fingerprint density at radius 1 is 1.24 bits per heavy atom. The summed E-state index contributed by atoms with van der Waals surface area (Å²) >= 11 is 4.74. The molecule has 14 heteroatoms. The fraction of sp³-hybridized carbons (Fsp3) is 0.571. The van der Waals surface area contributed by atoms with E-state index in [9.17, 15) is 22.4 Å². The number of hydrogen-bond donors (Lipinski definition) is 4. The van der Waals surface area contributed by atoms with Crippen molar-refractivity contribution in [1.29, 1.82) is 0 Å². The third-order valence-corrected chi connectivity index (χ3v) is 9.98. The number of ether oxygens (including phenoxy) is 1. The first kappa shape index (κ1) is 33.0. The number of likely N-dealkylation sites (tertiary alicyclic amines) is 1. The number of thiophene rings is 1. The van der Waals surface area contributed by atoms with Gasteiger partial charge >= 0.3 is 0 Å². The number of nitrogens with two attached hydrogens (primary N) is 1. The standard InChI is InChI=1S/C28H39BrFN5O5S2/c1-42(38,39)34-25(7-2-18-8-10-32-11-9-18)28(37)35-16-21(40-17-19-3-4-20(29)12-24(19)30)13-26(35)27(36)33-15-23-6-5-22(14-31)41-23/h3-6,12,18,21,25-26,32,34H,2,7-11,13-17,31H2,1H3,(H,33,36)/t21-,25-,26-/m1/s1. The molecule has 2 aliphatic heterocycles. The Morgan fingerprint density at radius 3 is 2.64 bits per heavy atom. The SMILES string of the molecule is CS(=O)(=O)N[C@H](CCC1CCNCC1)C(=O)N1C[C@H](OCc2ccc(Br)cc2F)C[C@@H]1C(=O)NCc1ccc(CN)s1. The minimum absolute atomic E-state index is 0.0298. The van der Waals surface area contributed by atoms with E-state index >= 15 is 0 Å². The van der Waals surface area contributed by atoms with Crippen molar-refractivity contribution in [2.75, 3.05) is 25.9 Å². The quantitative estimate of drug-likeness (QED) is 0.254. The molecule has 1 aromatic carbocycles. The predicted molar refractivity (Wildman–Crippen MR) is 163 cm³/mol. The van der Waals surface area contributed by atoms with Gasteiger partial charge in [-0.3, -0.25) is 9.59 Å². The molecule has 2 fully saturated rings. The molecule has 5 N–H and O–H groups in total. The average molecular weight is 689 g/mol. The van der Waals surface area contributed by atoms with Crippen LogP contribution in [0.5, 0.6) is 0 Å². The number of hydrogen-bond acceptors (Lipinski definition) is 8. The molecule has 232 valence electrons. The summed E-state index contributed by atoms with van der Waals surface area (Å²) in [5, 5.41) is 6.23. The fourth-order valence-corrected chi connectivity index (χ4v) is 7.35. The number of halogens is 2. The van der Waals surface area contributed by atoms with Crippen LogP contribution in [0.25, 0.3) is 0 Å².